The van der Waals surface area contributed by atoms with Gasteiger partial charge in [0.15, 0.2) is 0 Å². The molecule has 5 nitrogen and oxygen atoms in total. The molecular weight excluding hydrogens is 374 g/mol. The SMILES string of the molecule is CN=C(N)c1ccc(C=Cc2ccc(CN3C(=O)c4ccccc4C3=O)cc2)cc1. The number of hydrogen-bond acceptors (Lipinski definition) is 3. The number of imide groups is 1. The van der Waals surface area contributed by atoms with E-state index >= 15 is 0 Å². The van der Waals surface area contributed by atoms with Gasteiger partial charge in [-0.3, -0.25) is 19.5 Å². The van der Waals surface area contributed by atoms with Gasteiger partial charge in [0.25, 0.3) is 11.8 Å². The summed E-state index contributed by atoms with van der Waals surface area (Å²) in [4.78, 5) is 30.3. The number of nitrogens with two attached hydrogens (primary N) is 1. The number of benzene rings is 3. The van der Waals surface area contributed by atoms with Crippen LogP contribution >= 0.6 is 0 Å². The minimum absolute atomic E-state index is 0.239. The summed E-state index contributed by atoms with van der Waals surface area (Å²) in [6.45, 7) is 0.262. The molecule has 1 heterocycles. The third-order valence-corrected chi connectivity index (χ3v) is 5.11. The van der Waals surface area contributed by atoms with E-state index in [1.807, 2.05) is 60.7 Å². The first-order valence-corrected chi connectivity index (χ1v) is 9.62. The average molecular weight is 395 g/mol. The molecule has 0 aromatic heterocycles. The van der Waals surface area contributed by atoms with Crippen molar-refractivity contribution in [3.05, 3.63) is 106 Å². The molecule has 0 saturated heterocycles. The normalized spacial score (nSPS) is 13.9. The maximum Gasteiger partial charge on any atom is 0.261 e. The number of amidine groups is 1. The van der Waals surface area contributed by atoms with E-state index in [9.17, 15) is 9.59 Å². The molecule has 30 heavy (non-hydrogen) atoms. The Kier molecular flexibility index (Phi) is 5.26. The van der Waals surface area contributed by atoms with Crippen LogP contribution in [0, 0.1) is 0 Å². The zero-order valence-corrected chi connectivity index (χ0v) is 16.6. The van der Waals surface area contributed by atoms with Gasteiger partial charge in [0.05, 0.1) is 17.7 Å². The molecule has 0 saturated carbocycles. The lowest BCUT2D eigenvalue weighted by Gasteiger charge is -2.13. The average Bonchev–Trinajstić information content (AvgIpc) is 3.03. The van der Waals surface area contributed by atoms with Crippen molar-refractivity contribution in [3.8, 4) is 0 Å². The fraction of sp³-hybridized carbons (Fsp3) is 0.0800. The second-order valence-electron chi connectivity index (χ2n) is 7.05. The smallest absolute Gasteiger partial charge is 0.261 e. The number of carbonyl (C=O) groups excluding carboxylic acids is 2. The molecule has 1 aliphatic rings. The lowest BCUT2D eigenvalue weighted by molar-refractivity contribution is 0.0642. The molecule has 4 rings (SSSR count). The van der Waals surface area contributed by atoms with E-state index in [2.05, 4.69) is 4.99 Å². The first-order valence-electron chi connectivity index (χ1n) is 9.62. The van der Waals surface area contributed by atoms with Crippen molar-refractivity contribution in [2.24, 2.45) is 10.7 Å². The zero-order chi connectivity index (χ0) is 21.1. The van der Waals surface area contributed by atoms with E-state index in [1.54, 1.807) is 31.3 Å². The summed E-state index contributed by atoms with van der Waals surface area (Å²) in [6, 6.07) is 22.6. The second kappa shape index (κ2) is 8.17. The first-order chi connectivity index (χ1) is 14.6. The van der Waals surface area contributed by atoms with Crippen molar-refractivity contribution in [1.82, 2.24) is 4.90 Å². The Bertz CT molecular complexity index is 1120. The predicted octanol–water partition coefficient (Wildman–Crippen LogP) is 3.99. The van der Waals surface area contributed by atoms with Crippen molar-refractivity contribution in [3.63, 3.8) is 0 Å². The highest BCUT2D eigenvalue weighted by atomic mass is 16.2. The molecule has 0 fully saturated rings. The van der Waals surface area contributed by atoms with Crippen LogP contribution in [0.3, 0.4) is 0 Å². The van der Waals surface area contributed by atoms with E-state index in [-0.39, 0.29) is 18.4 Å². The molecule has 3 aromatic rings. The molecule has 5 heteroatoms. The molecule has 1 aliphatic heterocycles. The fourth-order valence-electron chi connectivity index (χ4n) is 3.39. The van der Waals surface area contributed by atoms with Crippen LogP contribution in [0.4, 0.5) is 0 Å². The van der Waals surface area contributed by atoms with Crippen molar-refractivity contribution in [1.29, 1.82) is 0 Å². The molecule has 0 bridgehead atoms. The van der Waals surface area contributed by atoms with Crippen LogP contribution < -0.4 is 5.73 Å². The molecule has 0 unspecified atom stereocenters. The molecule has 0 atom stereocenters. The Hall–Kier alpha value is -3.99. The van der Waals surface area contributed by atoms with Crippen LogP contribution in [-0.4, -0.2) is 29.6 Å². The Morgan fingerprint density at radius 1 is 0.833 bits per heavy atom. The van der Waals surface area contributed by atoms with E-state index in [1.165, 1.54) is 4.90 Å². The molecule has 3 aromatic carbocycles. The van der Waals surface area contributed by atoms with Crippen LogP contribution in [0.2, 0.25) is 0 Å². The van der Waals surface area contributed by atoms with Crippen LogP contribution in [0.1, 0.15) is 43.0 Å². The number of aliphatic imine (C=N–C) groups is 1. The standard InChI is InChI=1S/C25H21N3O2/c1-27-23(26)20-14-12-18(13-15-20)7-6-17-8-10-19(11-9-17)16-28-24(29)21-4-2-3-5-22(21)25(28)30/h2-15H,16H2,1H3,(H2,26,27). The zero-order valence-electron chi connectivity index (χ0n) is 16.6. The van der Waals surface area contributed by atoms with E-state index in [4.69, 9.17) is 5.73 Å². The third kappa shape index (κ3) is 3.78. The van der Waals surface area contributed by atoms with E-state index in [0.717, 1.165) is 22.3 Å². The highest BCUT2D eigenvalue weighted by molar-refractivity contribution is 6.21. The topological polar surface area (TPSA) is 75.8 Å². The Labute approximate surface area is 175 Å². The highest BCUT2D eigenvalue weighted by Gasteiger charge is 2.34. The van der Waals surface area contributed by atoms with E-state index in [0.29, 0.717) is 17.0 Å². The number of carbonyl (C=O) groups is 2. The Balaban J connectivity index is 1.43. The summed E-state index contributed by atoms with van der Waals surface area (Å²) in [5.41, 5.74) is 10.6. The summed E-state index contributed by atoms with van der Waals surface area (Å²) in [6.07, 6.45) is 4.03. The van der Waals surface area contributed by atoms with Gasteiger partial charge in [-0.05, 0) is 28.8 Å². The van der Waals surface area contributed by atoms with Gasteiger partial charge in [0.2, 0.25) is 0 Å². The highest BCUT2D eigenvalue weighted by Crippen LogP contribution is 2.24. The quantitative estimate of drug-likeness (QED) is 0.307. The Morgan fingerprint density at radius 3 is 1.83 bits per heavy atom. The number of nitrogens with zero attached hydrogens (tertiary/aromatic N) is 2. The third-order valence-electron chi connectivity index (χ3n) is 5.11. The maximum absolute atomic E-state index is 12.5. The van der Waals surface area contributed by atoms with Crippen molar-refractivity contribution in [2.75, 3.05) is 7.05 Å². The number of rotatable bonds is 5. The van der Waals surface area contributed by atoms with E-state index < -0.39 is 0 Å². The minimum Gasteiger partial charge on any atom is -0.384 e. The number of amides is 2. The van der Waals surface area contributed by atoms with Gasteiger partial charge in [0, 0.05) is 12.6 Å². The summed E-state index contributed by atoms with van der Waals surface area (Å²) in [5.74, 6) is 0.0349. The molecule has 2 N–H and O–H groups in total. The van der Waals surface area contributed by atoms with Crippen LogP contribution in [0.15, 0.2) is 77.8 Å². The van der Waals surface area contributed by atoms with Crippen molar-refractivity contribution < 1.29 is 9.59 Å². The van der Waals surface area contributed by atoms with Gasteiger partial charge < -0.3 is 5.73 Å². The van der Waals surface area contributed by atoms with Crippen LogP contribution in [-0.2, 0) is 6.54 Å². The largest absolute Gasteiger partial charge is 0.384 e. The van der Waals surface area contributed by atoms with Gasteiger partial charge in [-0.1, -0.05) is 72.8 Å². The predicted molar refractivity (Wildman–Crippen MR) is 119 cm³/mol. The number of fused-ring (bicyclic) bond motifs is 1. The number of hydrogen-bond donors (Lipinski definition) is 1. The monoisotopic (exact) mass is 395 g/mol. The van der Waals surface area contributed by atoms with Gasteiger partial charge >= 0.3 is 0 Å². The second-order valence-corrected chi connectivity index (χ2v) is 7.05. The van der Waals surface area contributed by atoms with Crippen LogP contribution in [0.25, 0.3) is 12.2 Å². The molecule has 0 aliphatic carbocycles. The van der Waals surface area contributed by atoms with Crippen LogP contribution in [0.5, 0.6) is 0 Å². The fourth-order valence-corrected chi connectivity index (χ4v) is 3.39. The summed E-state index contributed by atoms with van der Waals surface area (Å²) < 4.78 is 0. The Morgan fingerprint density at radius 2 is 1.33 bits per heavy atom. The van der Waals surface area contributed by atoms with Gasteiger partial charge in [-0.2, -0.15) is 0 Å². The summed E-state index contributed by atoms with van der Waals surface area (Å²) in [7, 11) is 1.67. The molecule has 0 radical (unpaired) electrons. The van der Waals surface area contributed by atoms with Crippen molar-refractivity contribution in [2.45, 2.75) is 6.54 Å². The molecule has 2 amide bonds. The summed E-state index contributed by atoms with van der Waals surface area (Å²) in [5, 5.41) is 0. The molecule has 148 valence electrons. The maximum atomic E-state index is 12.5. The molecule has 0 spiro atoms. The van der Waals surface area contributed by atoms with Gasteiger partial charge in [-0.25, -0.2) is 0 Å². The minimum atomic E-state index is -0.239. The lowest BCUT2D eigenvalue weighted by Crippen LogP contribution is -2.29. The van der Waals surface area contributed by atoms with Gasteiger partial charge in [-0.15, -0.1) is 0 Å². The van der Waals surface area contributed by atoms with Crippen molar-refractivity contribution >= 4 is 29.8 Å². The molecular formula is C25H21N3O2. The first kappa shape index (κ1) is 19.3. The lowest BCUT2D eigenvalue weighted by atomic mass is 10.1. The summed E-state index contributed by atoms with van der Waals surface area (Å²) >= 11 is 0. The van der Waals surface area contributed by atoms with Gasteiger partial charge in [0.1, 0.15) is 5.84 Å².